The van der Waals surface area contributed by atoms with Crippen molar-refractivity contribution in [3.8, 4) is 0 Å². The summed E-state index contributed by atoms with van der Waals surface area (Å²) in [5.41, 5.74) is -5.08. The van der Waals surface area contributed by atoms with Gasteiger partial charge in [0.25, 0.3) is 5.91 Å². The third-order valence-electron chi connectivity index (χ3n) is 9.07. The van der Waals surface area contributed by atoms with Crippen LogP contribution in [0, 0.1) is 5.41 Å². The molecule has 1 saturated heterocycles. The Hall–Kier alpha value is -3.31. The summed E-state index contributed by atoms with van der Waals surface area (Å²) in [5.74, 6) is -1.24. The predicted molar refractivity (Wildman–Crippen MR) is 175 cm³/mol. The number of amides is 3. The second-order valence-electron chi connectivity index (χ2n) is 13.5. The van der Waals surface area contributed by atoms with E-state index < -0.39 is 48.1 Å². The molecule has 1 aliphatic carbocycles. The van der Waals surface area contributed by atoms with E-state index in [0.717, 1.165) is 49.9 Å². The van der Waals surface area contributed by atoms with Gasteiger partial charge in [0.05, 0.1) is 0 Å². The van der Waals surface area contributed by atoms with Crippen molar-refractivity contribution < 1.29 is 37.5 Å². The minimum Gasteiger partial charge on any atom is -0.351 e. The molecule has 2 fully saturated rings. The zero-order chi connectivity index (χ0) is 34.3. The molecule has 10 nitrogen and oxygen atoms in total. The number of alkyl halides is 2. The molecule has 5 rings (SSSR count). The molecule has 1 saturated carbocycles. The van der Waals surface area contributed by atoms with E-state index in [-0.39, 0.29) is 28.5 Å². The van der Waals surface area contributed by atoms with Crippen LogP contribution < -0.4 is 10.2 Å². The fourth-order valence-corrected chi connectivity index (χ4v) is 7.14. The van der Waals surface area contributed by atoms with Gasteiger partial charge < -0.3 is 29.9 Å². The molecule has 2 aliphatic rings. The summed E-state index contributed by atoms with van der Waals surface area (Å²) in [4.78, 5) is 66.5. The largest absolute Gasteiger partial charge is 0.399 e. The average molecular weight is 693 g/mol. The number of carbonyl (C=O) groups excluding carboxylic acids is 3. The van der Waals surface area contributed by atoms with Gasteiger partial charge in [-0.25, -0.2) is 0 Å². The number of hydrogen-bond acceptors (Lipinski definition) is 4. The summed E-state index contributed by atoms with van der Waals surface area (Å²) in [5, 5.41) is 3.49. The van der Waals surface area contributed by atoms with Crippen LogP contribution in [0.15, 0.2) is 48.5 Å². The first-order chi connectivity index (χ1) is 22.0. The van der Waals surface area contributed by atoms with Crippen LogP contribution in [0.4, 0.5) is 14.5 Å². The Bertz CT molecular complexity index is 1700. The van der Waals surface area contributed by atoms with E-state index in [9.17, 15) is 27.7 Å². The molecule has 47 heavy (non-hydrogen) atoms. The molecule has 2 aromatic carbocycles. The van der Waals surface area contributed by atoms with Gasteiger partial charge in [-0.05, 0) is 73.6 Å². The maximum Gasteiger partial charge on any atom is 0.399 e. The van der Waals surface area contributed by atoms with Crippen LogP contribution in [0.3, 0.4) is 0 Å². The molecule has 14 heteroatoms. The fraction of sp³-hybridized carbons (Fsp3) is 0.485. The zero-order valence-electron chi connectivity index (χ0n) is 26.5. The quantitative estimate of drug-likeness (QED) is 0.197. The summed E-state index contributed by atoms with van der Waals surface area (Å²) < 4.78 is 40.0. The first-order valence-corrected chi connectivity index (χ1v) is 17.7. The van der Waals surface area contributed by atoms with Crippen molar-refractivity contribution in [2.75, 3.05) is 11.4 Å². The van der Waals surface area contributed by atoms with E-state index >= 15 is 0 Å². The number of nitrogens with zero attached hydrogens (tertiary/aromatic N) is 2. The molecule has 0 bridgehead atoms. The Morgan fingerprint density at radius 2 is 1.66 bits per heavy atom. The molecule has 0 radical (unpaired) electrons. The lowest BCUT2D eigenvalue weighted by Crippen LogP contribution is -2.59. The normalized spacial score (nSPS) is 18.7. The molecular formula is C33H40ClF2N4O6P. The van der Waals surface area contributed by atoms with Crippen molar-refractivity contribution in [3.05, 3.63) is 64.8 Å². The van der Waals surface area contributed by atoms with Crippen LogP contribution in [-0.2, 0) is 19.8 Å². The first kappa shape index (κ1) is 35.0. The number of benzene rings is 2. The van der Waals surface area contributed by atoms with Crippen molar-refractivity contribution in [1.82, 2.24) is 15.2 Å². The summed E-state index contributed by atoms with van der Waals surface area (Å²) in [6.07, 6.45) is 5.95. The molecule has 3 aromatic rings. The predicted octanol–water partition coefficient (Wildman–Crippen LogP) is 6.55. The fourth-order valence-electron chi connectivity index (χ4n) is 6.54. The van der Waals surface area contributed by atoms with Gasteiger partial charge in [-0.15, -0.1) is 0 Å². The summed E-state index contributed by atoms with van der Waals surface area (Å²) >= 11 is 6.15. The molecule has 4 N–H and O–H groups in total. The lowest BCUT2D eigenvalue weighted by Gasteiger charge is -2.39. The van der Waals surface area contributed by atoms with Gasteiger partial charge in [-0.3, -0.25) is 18.9 Å². The van der Waals surface area contributed by atoms with Gasteiger partial charge in [0.2, 0.25) is 11.8 Å². The van der Waals surface area contributed by atoms with E-state index in [1.165, 1.54) is 12.1 Å². The van der Waals surface area contributed by atoms with Crippen LogP contribution >= 0.6 is 19.2 Å². The lowest BCUT2D eigenvalue weighted by atomic mass is 9.85. The minimum absolute atomic E-state index is 0.00254. The molecule has 1 aliphatic heterocycles. The number of H-pyrrole nitrogens is 1. The topological polar surface area (TPSA) is 143 Å². The second-order valence-corrected chi connectivity index (χ2v) is 15.6. The standard InChI is InChI=1S/C33H40ClF2N4O6P/c1-32(2,3)28(38-29(41)26-19-20-18-21(11-16-25(20)37-26)33(35,36)47(44,45)46)31(43)39-17-7-10-27(39)30(42)40(23-8-5-4-6-9-23)24-14-12-22(34)13-15-24/h11-16,18-19,23,27-28,37H,4-10,17H2,1-3H3,(H,38,41)(H2,44,45,46)/t27-,28+/m0/s1. The van der Waals surface area contributed by atoms with Crippen LogP contribution in [-0.4, -0.2) is 62.1 Å². The highest BCUT2D eigenvalue weighted by Crippen LogP contribution is 2.59. The Kier molecular flexibility index (Phi) is 9.91. The van der Waals surface area contributed by atoms with Crippen molar-refractivity contribution in [2.45, 2.75) is 89.5 Å². The number of aromatic amines is 1. The van der Waals surface area contributed by atoms with Gasteiger partial charge in [0.15, 0.2) is 0 Å². The highest BCUT2D eigenvalue weighted by molar-refractivity contribution is 7.52. The SMILES string of the molecule is CC(C)(C)[C@H](NC(=O)c1cc2cc(C(F)(F)P(=O)(O)O)ccc2[nH]1)C(=O)N1CCC[C@H]1C(=O)N(c1ccc(Cl)cc1)C1CCCCC1. The molecule has 3 amide bonds. The molecule has 0 unspecified atom stereocenters. The molecular weight excluding hydrogens is 653 g/mol. The van der Waals surface area contributed by atoms with Crippen molar-refractivity contribution in [1.29, 1.82) is 0 Å². The second kappa shape index (κ2) is 13.3. The van der Waals surface area contributed by atoms with E-state index in [2.05, 4.69) is 10.3 Å². The Morgan fingerprint density at radius 3 is 2.28 bits per heavy atom. The zero-order valence-corrected chi connectivity index (χ0v) is 28.2. The molecule has 2 atom stereocenters. The maximum atomic E-state index is 14.3. The number of rotatable bonds is 8. The highest BCUT2D eigenvalue weighted by atomic mass is 35.5. The molecule has 254 valence electrons. The van der Waals surface area contributed by atoms with E-state index in [1.54, 1.807) is 37.8 Å². The van der Waals surface area contributed by atoms with Crippen LogP contribution in [0.2, 0.25) is 5.02 Å². The smallest absolute Gasteiger partial charge is 0.351 e. The average Bonchev–Trinajstić information content (AvgIpc) is 3.67. The Labute approximate surface area is 277 Å². The third kappa shape index (κ3) is 7.26. The minimum atomic E-state index is -5.78. The Morgan fingerprint density at radius 1 is 1.00 bits per heavy atom. The lowest BCUT2D eigenvalue weighted by molar-refractivity contribution is -0.141. The van der Waals surface area contributed by atoms with E-state index in [4.69, 9.17) is 21.4 Å². The monoisotopic (exact) mass is 692 g/mol. The van der Waals surface area contributed by atoms with Gasteiger partial charge in [0, 0.05) is 39.8 Å². The number of aromatic nitrogens is 1. The number of fused-ring (bicyclic) bond motifs is 1. The highest BCUT2D eigenvalue weighted by Gasteiger charge is 2.50. The van der Waals surface area contributed by atoms with Gasteiger partial charge in [-0.2, -0.15) is 8.78 Å². The number of likely N-dealkylation sites (tertiary alicyclic amines) is 1. The number of anilines is 1. The van der Waals surface area contributed by atoms with Gasteiger partial charge in [-0.1, -0.05) is 57.7 Å². The van der Waals surface area contributed by atoms with Crippen LogP contribution in [0.1, 0.15) is 81.8 Å². The first-order valence-electron chi connectivity index (χ1n) is 15.8. The summed E-state index contributed by atoms with van der Waals surface area (Å²) in [6.45, 7) is 5.74. The number of hydrogen-bond donors (Lipinski definition) is 4. The molecule has 2 heterocycles. The summed E-state index contributed by atoms with van der Waals surface area (Å²) in [7, 11) is -5.78. The number of halogens is 3. The van der Waals surface area contributed by atoms with Crippen molar-refractivity contribution in [3.63, 3.8) is 0 Å². The van der Waals surface area contributed by atoms with Crippen LogP contribution in [0.25, 0.3) is 10.9 Å². The number of carbonyl (C=O) groups is 3. The Balaban J connectivity index is 1.39. The van der Waals surface area contributed by atoms with Gasteiger partial charge in [0.1, 0.15) is 17.8 Å². The van der Waals surface area contributed by atoms with Gasteiger partial charge >= 0.3 is 13.3 Å². The van der Waals surface area contributed by atoms with Crippen LogP contribution in [0.5, 0.6) is 0 Å². The summed E-state index contributed by atoms with van der Waals surface area (Å²) in [6, 6.07) is 9.66. The third-order valence-corrected chi connectivity index (χ3v) is 10.3. The molecule has 0 spiro atoms. The van der Waals surface area contributed by atoms with Crippen molar-refractivity contribution in [2.24, 2.45) is 5.41 Å². The van der Waals surface area contributed by atoms with E-state index in [0.29, 0.717) is 24.4 Å². The number of nitrogens with one attached hydrogen (secondary N) is 2. The molecule has 1 aromatic heterocycles. The van der Waals surface area contributed by atoms with Crippen molar-refractivity contribution >= 4 is 53.5 Å². The van der Waals surface area contributed by atoms with E-state index in [1.807, 2.05) is 17.0 Å². The maximum absolute atomic E-state index is 14.3.